The Hall–Kier alpha value is -1.51. The first-order valence-corrected chi connectivity index (χ1v) is 5.84. The van der Waals surface area contributed by atoms with E-state index in [0.29, 0.717) is 5.02 Å². The van der Waals surface area contributed by atoms with Gasteiger partial charge >= 0.3 is 0 Å². The molecule has 0 aliphatic heterocycles. The highest BCUT2D eigenvalue weighted by Crippen LogP contribution is 2.32. The first-order chi connectivity index (χ1) is 8.09. The van der Waals surface area contributed by atoms with Crippen molar-refractivity contribution in [1.29, 1.82) is 0 Å². The number of aryl methyl sites for hydroxylation is 2. The monoisotopic (exact) mass is 246 g/mol. The molecule has 2 rings (SSSR count). The molecule has 0 saturated heterocycles. The van der Waals surface area contributed by atoms with Gasteiger partial charge in [-0.25, -0.2) is 5.84 Å². The fourth-order valence-corrected chi connectivity index (χ4v) is 2.08. The smallest absolute Gasteiger partial charge is 0.0790 e. The van der Waals surface area contributed by atoms with Crippen molar-refractivity contribution in [1.82, 2.24) is 0 Å². The second-order valence-electron chi connectivity index (χ2n) is 4.11. The van der Waals surface area contributed by atoms with E-state index in [4.69, 9.17) is 17.4 Å². The Morgan fingerprint density at radius 3 is 2.24 bits per heavy atom. The van der Waals surface area contributed by atoms with Crippen LogP contribution in [0.25, 0.3) is 0 Å². The largest absolute Gasteiger partial charge is 0.278 e. The van der Waals surface area contributed by atoms with Gasteiger partial charge in [0, 0.05) is 0 Å². The summed E-state index contributed by atoms with van der Waals surface area (Å²) in [6.45, 7) is 4.04. The molecule has 3 heteroatoms. The number of hydrazine groups is 1. The van der Waals surface area contributed by atoms with E-state index >= 15 is 0 Å². The van der Waals surface area contributed by atoms with Gasteiger partial charge in [-0.2, -0.15) is 0 Å². The first kappa shape index (κ1) is 12.0. The second kappa shape index (κ2) is 4.78. The van der Waals surface area contributed by atoms with E-state index in [1.165, 1.54) is 5.56 Å². The summed E-state index contributed by atoms with van der Waals surface area (Å²) in [4.78, 5) is 0. The molecule has 0 amide bonds. The quantitative estimate of drug-likeness (QED) is 0.642. The molecule has 0 aromatic heterocycles. The third kappa shape index (κ3) is 2.43. The van der Waals surface area contributed by atoms with E-state index < -0.39 is 0 Å². The molecule has 2 N–H and O–H groups in total. The summed E-state index contributed by atoms with van der Waals surface area (Å²) in [7, 11) is 0. The maximum absolute atomic E-state index is 6.18. The van der Waals surface area contributed by atoms with E-state index in [1.54, 1.807) is 5.01 Å². The van der Waals surface area contributed by atoms with Crippen LogP contribution in [0.3, 0.4) is 0 Å². The van der Waals surface area contributed by atoms with Crippen molar-refractivity contribution >= 4 is 23.0 Å². The van der Waals surface area contributed by atoms with Crippen molar-refractivity contribution in [3.05, 3.63) is 58.6 Å². The van der Waals surface area contributed by atoms with Gasteiger partial charge in [0.1, 0.15) is 0 Å². The first-order valence-electron chi connectivity index (χ1n) is 5.46. The molecule has 2 aromatic rings. The Balaban J connectivity index is 2.43. The molecule has 2 nitrogen and oxygen atoms in total. The van der Waals surface area contributed by atoms with Crippen LogP contribution in [0.4, 0.5) is 11.4 Å². The van der Waals surface area contributed by atoms with Gasteiger partial charge < -0.3 is 0 Å². The number of nitrogens with two attached hydrogens (primary N) is 1. The topological polar surface area (TPSA) is 29.3 Å². The number of nitrogens with zero attached hydrogens (tertiary/aromatic N) is 1. The molecule has 0 unspecified atom stereocenters. The van der Waals surface area contributed by atoms with Crippen LogP contribution < -0.4 is 10.9 Å². The van der Waals surface area contributed by atoms with Crippen LogP contribution in [-0.4, -0.2) is 0 Å². The molecular weight excluding hydrogens is 232 g/mol. The maximum Gasteiger partial charge on any atom is 0.0790 e. The predicted octanol–water partition coefficient (Wildman–Crippen LogP) is 3.97. The number of rotatable bonds is 2. The van der Waals surface area contributed by atoms with E-state index in [1.807, 2.05) is 56.3 Å². The molecule has 88 valence electrons. The molecular formula is C14H15ClN2. The SMILES string of the molecule is Cc1ccc(N(N)c2c(C)cccc2Cl)cc1. The average molecular weight is 247 g/mol. The van der Waals surface area contributed by atoms with Gasteiger partial charge in [-0.05, 0) is 37.6 Å². The van der Waals surface area contributed by atoms with Gasteiger partial charge in [-0.3, -0.25) is 5.01 Å². The predicted molar refractivity (Wildman–Crippen MR) is 73.7 cm³/mol. The molecule has 0 fully saturated rings. The summed E-state index contributed by atoms with van der Waals surface area (Å²) in [6.07, 6.45) is 0. The lowest BCUT2D eigenvalue weighted by Gasteiger charge is -2.22. The Kier molecular flexibility index (Phi) is 3.36. The molecule has 0 atom stereocenters. The van der Waals surface area contributed by atoms with Gasteiger partial charge in [0.05, 0.1) is 16.4 Å². The number of hydrogen-bond acceptors (Lipinski definition) is 2. The van der Waals surface area contributed by atoms with Crippen molar-refractivity contribution in [2.24, 2.45) is 5.84 Å². The van der Waals surface area contributed by atoms with Crippen LogP contribution in [0.2, 0.25) is 5.02 Å². The van der Waals surface area contributed by atoms with Crippen molar-refractivity contribution in [2.45, 2.75) is 13.8 Å². The highest BCUT2D eigenvalue weighted by molar-refractivity contribution is 6.33. The molecule has 17 heavy (non-hydrogen) atoms. The highest BCUT2D eigenvalue weighted by atomic mass is 35.5. The molecule has 2 aromatic carbocycles. The Morgan fingerprint density at radius 2 is 1.65 bits per heavy atom. The molecule has 0 radical (unpaired) electrons. The van der Waals surface area contributed by atoms with Crippen LogP contribution >= 0.6 is 11.6 Å². The van der Waals surface area contributed by atoms with Crippen molar-refractivity contribution in [2.75, 3.05) is 5.01 Å². The number of anilines is 2. The lowest BCUT2D eigenvalue weighted by atomic mass is 10.1. The van der Waals surface area contributed by atoms with Gasteiger partial charge in [0.15, 0.2) is 0 Å². The van der Waals surface area contributed by atoms with Gasteiger partial charge in [0.2, 0.25) is 0 Å². The van der Waals surface area contributed by atoms with Crippen molar-refractivity contribution in [3.63, 3.8) is 0 Å². The average Bonchev–Trinajstić information content (AvgIpc) is 2.29. The number of hydrogen-bond donors (Lipinski definition) is 1. The molecule has 0 heterocycles. The molecule has 0 bridgehead atoms. The van der Waals surface area contributed by atoms with Gasteiger partial charge in [0.25, 0.3) is 0 Å². The minimum Gasteiger partial charge on any atom is -0.278 e. The van der Waals surface area contributed by atoms with Crippen molar-refractivity contribution < 1.29 is 0 Å². The van der Waals surface area contributed by atoms with Crippen molar-refractivity contribution in [3.8, 4) is 0 Å². The van der Waals surface area contributed by atoms with Crippen LogP contribution in [-0.2, 0) is 0 Å². The minimum absolute atomic E-state index is 0.660. The third-order valence-electron chi connectivity index (χ3n) is 2.74. The number of benzene rings is 2. The maximum atomic E-state index is 6.18. The third-order valence-corrected chi connectivity index (χ3v) is 3.05. The van der Waals surface area contributed by atoms with Crippen LogP contribution in [0, 0.1) is 13.8 Å². The Bertz CT molecular complexity index is 500. The molecule has 0 saturated carbocycles. The highest BCUT2D eigenvalue weighted by Gasteiger charge is 2.11. The van der Waals surface area contributed by atoms with Crippen LogP contribution in [0.15, 0.2) is 42.5 Å². The van der Waals surface area contributed by atoms with Crippen LogP contribution in [0.5, 0.6) is 0 Å². The van der Waals surface area contributed by atoms with E-state index in [0.717, 1.165) is 16.9 Å². The lowest BCUT2D eigenvalue weighted by Crippen LogP contribution is -2.26. The summed E-state index contributed by atoms with van der Waals surface area (Å²) in [5, 5.41) is 2.28. The zero-order valence-electron chi connectivity index (χ0n) is 9.94. The Morgan fingerprint density at radius 1 is 1.00 bits per heavy atom. The second-order valence-corrected chi connectivity index (χ2v) is 4.52. The number of para-hydroxylation sites is 1. The summed E-state index contributed by atoms with van der Waals surface area (Å²) in [6, 6.07) is 13.8. The zero-order valence-corrected chi connectivity index (χ0v) is 10.7. The number of halogens is 1. The fourth-order valence-electron chi connectivity index (χ4n) is 1.76. The van der Waals surface area contributed by atoms with E-state index in [-0.39, 0.29) is 0 Å². The standard InChI is InChI=1S/C14H15ClN2/c1-10-6-8-12(9-7-10)17(16)14-11(2)4-3-5-13(14)15/h3-9H,16H2,1-2H3. The fraction of sp³-hybridized carbons (Fsp3) is 0.143. The molecule has 0 aliphatic carbocycles. The molecule has 0 spiro atoms. The summed E-state index contributed by atoms with van der Waals surface area (Å²) in [5.74, 6) is 6.12. The van der Waals surface area contributed by atoms with Gasteiger partial charge in [-0.1, -0.05) is 41.4 Å². The summed E-state index contributed by atoms with van der Waals surface area (Å²) >= 11 is 6.18. The Labute approximate surface area is 107 Å². The lowest BCUT2D eigenvalue weighted by molar-refractivity contribution is 1.07. The normalized spacial score (nSPS) is 10.4. The van der Waals surface area contributed by atoms with E-state index in [9.17, 15) is 0 Å². The van der Waals surface area contributed by atoms with Crippen LogP contribution in [0.1, 0.15) is 11.1 Å². The summed E-state index contributed by atoms with van der Waals surface area (Å²) in [5.41, 5.74) is 4.03. The zero-order chi connectivity index (χ0) is 12.4. The minimum atomic E-state index is 0.660. The van der Waals surface area contributed by atoms with Gasteiger partial charge in [-0.15, -0.1) is 0 Å². The molecule has 0 aliphatic rings. The summed E-state index contributed by atoms with van der Waals surface area (Å²) < 4.78 is 0. The van der Waals surface area contributed by atoms with E-state index in [2.05, 4.69) is 0 Å².